The average molecular weight is 483 g/mol. The molecule has 0 bridgehead atoms. The zero-order valence-corrected chi connectivity index (χ0v) is 20.1. The van der Waals surface area contributed by atoms with E-state index < -0.39 is 32.5 Å². The maximum absolute atomic E-state index is 11.0. The molecular weight excluding hydrogens is 451 g/mol. The van der Waals surface area contributed by atoms with E-state index in [0.717, 1.165) is 16.7 Å². The lowest BCUT2D eigenvalue weighted by Gasteiger charge is -2.43. The Kier molecular flexibility index (Phi) is 9.60. The molecular formula is C27H31O6P. The van der Waals surface area contributed by atoms with Crippen molar-refractivity contribution < 1.29 is 28.4 Å². The molecule has 34 heavy (non-hydrogen) atoms. The predicted molar refractivity (Wildman–Crippen MR) is 131 cm³/mol. The summed E-state index contributed by atoms with van der Waals surface area (Å²) in [5, 5.41) is 11.0. The molecule has 5 atom stereocenters. The Morgan fingerprint density at radius 2 is 1.18 bits per heavy atom. The zero-order chi connectivity index (χ0) is 23.6. The van der Waals surface area contributed by atoms with Gasteiger partial charge in [-0.1, -0.05) is 91.0 Å². The van der Waals surface area contributed by atoms with E-state index in [4.69, 9.17) is 23.3 Å². The van der Waals surface area contributed by atoms with Crippen LogP contribution in [0.4, 0.5) is 0 Å². The summed E-state index contributed by atoms with van der Waals surface area (Å²) in [6, 6.07) is 29.8. The number of ether oxygens (including phenoxy) is 3. The molecule has 0 unspecified atom stereocenters. The van der Waals surface area contributed by atoms with Crippen LogP contribution in [0.15, 0.2) is 91.0 Å². The van der Waals surface area contributed by atoms with Gasteiger partial charge in [-0.25, -0.2) is 0 Å². The van der Waals surface area contributed by atoms with E-state index in [1.807, 2.05) is 91.0 Å². The standard InChI is InChI=1S/C27H31O6P/c1-29-34-27(28)26(32-19-23-15-9-4-10-16-23)25(31-18-22-13-7-3-8-14-22)24(33-34)20-30-17-21-11-5-2-6-12-21/h2-16,24-28H,17-20H2,1H3/t24-,25-,26+,27-,34+/m1/s1. The Bertz CT molecular complexity index is 959. The SMILES string of the molecule is CO[P@@]1O[C@H](COCc2ccccc2)[C@@H](OCc2ccccc2)[C@H](OCc2ccccc2)[C@@H]1O. The first-order valence-electron chi connectivity index (χ1n) is 11.4. The minimum absolute atomic E-state index is 0.286. The highest BCUT2D eigenvalue weighted by Crippen LogP contribution is 2.51. The van der Waals surface area contributed by atoms with Crippen molar-refractivity contribution in [1.29, 1.82) is 0 Å². The van der Waals surface area contributed by atoms with Gasteiger partial charge in [0.25, 0.3) is 0 Å². The van der Waals surface area contributed by atoms with Gasteiger partial charge in [0.2, 0.25) is 8.38 Å². The van der Waals surface area contributed by atoms with Gasteiger partial charge in [-0.2, -0.15) is 0 Å². The van der Waals surface area contributed by atoms with Crippen molar-refractivity contribution in [2.75, 3.05) is 13.7 Å². The number of benzene rings is 3. The number of aliphatic hydroxyl groups excluding tert-OH is 1. The van der Waals surface area contributed by atoms with E-state index >= 15 is 0 Å². The first kappa shape index (κ1) is 25.0. The van der Waals surface area contributed by atoms with Crippen LogP contribution in [-0.4, -0.2) is 43.0 Å². The minimum Gasteiger partial charge on any atom is -0.381 e. The highest BCUT2D eigenvalue weighted by molar-refractivity contribution is 7.48. The zero-order valence-electron chi connectivity index (χ0n) is 19.2. The van der Waals surface area contributed by atoms with Crippen molar-refractivity contribution in [3.8, 4) is 0 Å². The fraction of sp³-hybridized carbons (Fsp3) is 0.333. The van der Waals surface area contributed by atoms with Crippen molar-refractivity contribution in [3.05, 3.63) is 108 Å². The van der Waals surface area contributed by atoms with Crippen LogP contribution in [0.2, 0.25) is 0 Å². The molecule has 0 amide bonds. The third-order valence-corrected chi connectivity index (χ3v) is 7.15. The lowest BCUT2D eigenvalue weighted by molar-refractivity contribution is -0.176. The molecule has 1 N–H and O–H groups in total. The molecule has 4 rings (SSSR count). The molecule has 3 aromatic rings. The maximum Gasteiger partial charge on any atom is 0.204 e. The van der Waals surface area contributed by atoms with Crippen LogP contribution >= 0.6 is 8.38 Å². The normalized spacial score (nSPS) is 24.7. The molecule has 0 saturated carbocycles. The van der Waals surface area contributed by atoms with E-state index in [1.54, 1.807) is 0 Å². The summed E-state index contributed by atoms with van der Waals surface area (Å²) in [6.45, 7) is 1.45. The van der Waals surface area contributed by atoms with E-state index in [2.05, 4.69) is 0 Å². The Balaban J connectivity index is 1.48. The van der Waals surface area contributed by atoms with E-state index in [-0.39, 0.29) is 6.61 Å². The molecule has 0 radical (unpaired) electrons. The smallest absolute Gasteiger partial charge is 0.204 e. The van der Waals surface area contributed by atoms with Crippen LogP contribution in [0.5, 0.6) is 0 Å². The number of hydrogen-bond acceptors (Lipinski definition) is 6. The second-order valence-corrected chi connectivity index (χ2v) is 9.72. The van der Waals surface area contributed by atoms with Crippen LogP contribution in [0.25, 0.3) is 0 Å². The Hall–Kier alpha value is -2.15. The van der Waals surface area contributed by atoms with Gasteiger partial charge in [-0.3, -0.25) is 0 Å². The molecule has 1 aliphatic heterocycles. The van der Waals surface area contributed by atoms with Gasteiger partial charge in [0, 0.05) is 7.11 Å². The second-order valence-electron chi connectivity index (χ2n) is 8.05. The van der Waals surface area contributed by atoms with E-state index in [0.29, 0.717) is 19.8 Å². The van der Waals surface area contributed by atoms with Gasteiger partial charge in [0.05, 0.1) is 26.4 Å². The first-order chi connectivity index (χ1) is 16.7. The summed E-state index contributed by atoms with van der Waals surface area (Å²) in [5.41, 5.74) is 3.12. The summed E-state index contributed by atoms with van der Waals surface area (Å²) in [4.78, 5) is 0. The monoisotopic (exact) mass is 482 g/mol. The van der Waals surface area contributed by atoms with Gasteiger partial charge in [0.15, 0.2) is 5.85 Å². The fourth-order valence-electron chi connectivity index (χ4n) is 3.82. The Labute approximate surface area is 202 Å². The molecule has 1 fully saturated rings. The molecule has 1 heterocycles. The van der Waals surface area contributed by atoms with Crippen LogP contribution < -0.4 is 0 Å². The molecule has 3 aromatic carbocycles. The molecule has 0 spiro atoms. The van der Waals surface area contributed by atoms with Crippen LogP contribution in [-0.2, 0) is 43.1 Å². The molecule has 6 nitrogen and oxygen atoms in total. The fourth-order valence-corrected chi connectivity index (χ4v) is 5.19. The van der Waals surface area contributed by atoms with E-state index in [1.165, 1.54) is 7.11 Å². The third kappa shape index (κ3) is 6.94. The van der Waals surface area contributed by atoms with Crippen molar-refractivity contribution in [2.45, 2.75) is 44.0 Å². The summed E-state index contributed by atoms with van der Waals surface area (Å²) >= 11 is 0. The quantitative estimate of drug-likeness (QED) is 0.386. The lowest BCUT2D eigenvalue weighted by Crippen LogP contribution is -2.53. The topological polar surface area (TPSA) is 66.4 Å². The lowest BCUT2D eigenvalue weighted by atomic mass is 10.1. The predicted octanol–water partition coefficient (Wildman–Crippen LogP) is 5.05. The van der Waals surface area contributed by atoms with Crippen molar-refractivity contribution in [3.63, 3.8) is 0 Å². The van der Waals surface area contributed by atoms with Crippen molar-refractivity contribution in [1.82, 2.24) is 0 Å². The highest BCUT2D eigenvalue weighted by Gasteiger charge is 2.48. The number of hydrogen-bond donors (Lipinski definition) is 1. The van der Waals surface area contributed by atoms with Gasteiger partial charge in [-0.15, -0.1) is 0 Å². The summed E-state index contributed by atoms with van der Waals surface area (Å²) in [6.07, 6.45) is -1.62. The van der Waals surface area contributed by atoms with Crippen LogP contribution in [0, 0.1) is 0 Å². The molecule has 0 aromatic heterocycles. The summed E-state index contributed by atoms with van der Waals surface area (Å²) in [5.74, 6) is -0.949. The van der Waals surface area contributed by atoms with Crippen molar-refractivity contribution in [2.24, 2.45) is 0 Å². The van der Waals surface area contributed by atoms with Crippen LogP contribution in [0.1, 0.15) is 16.7 Å². The van der Waals surface area contributed by atoms with Crippen molar-refractivity contribution >= 4 is 8.38 Å². The molecule has 0 aliphatic carbocycles. The van der Waals surface area contributed by atoms with Gasteiger partial charge in [0.1, 0.15) is 18.3 Å². The maximum atomic E-state index is 11.0. The number of rotatable bonds is 11. The third-order valence-electron chi connectivity index (χ3n) is 5.58. The highest BCUT2D eigenvalue weighted by atomic mass is 31.2. The molecule has 1 aliphatic rings. The van der Waals surface area contributed by atoms with Gasteiger partial charge in [-0.05, 0) is 16.7 Å². The Morgan fingerprint density at radius 3 is 1.68 bits per heavy atom. The van der Waals surface area contributed by atoms with Gasteiger partial charge >= 0.3 is 0 Å². The minimum atomic E-state index is -1.58. The van der Waals surface area contributed by atoms with Crippen LogP contribution in [0.3, 0.4) is 0 Å². The molecule has 7 heteroatoms. The largest absolute Gasteiger partial charge is 0.381 e. The molecule has 180 valence electrons. The first-order valence-corrected chi connectivity index (χ1v) is 12.6. The second kappa shape index (κ2) is 13.1. The average Bonchev–Trinajstić information content (AvgIpc) is 2.89. The van der Waals surface area contributed by atoms with E-state index in [9.17, 15) is 5.11 Å². The summed E-state index contributed by atoms with van der Waals surface area (Å²) < 4.78 is 30.2. The van der Waals surface area contributed by atoms with Gasteiger partial charge < -0.3 is 28.4 Å². The molecule has 1 saturated heterocycles. The Morgan fingerprint density at radius 1 is 0.706 bits per heavy atom. The summed E-state index contributed by atoms with van der Waals surface area (Å²) in [7, 11) is -0.0437. The number of aliphatic hydroxyl groups is 1.